The minimum absolute atomic E-state index is 0.0401. The number of amides is 1. The van der Waals surface area contributed by atoms with Crippen molar-refractivity contribution < 1.29 is 9.21 Å². The molecule has 0 radical (unpaired) electrons. The molecule has 0 spiro atoms. The van der Waals surface area contributed by atoms with E-state index in [4.69, 9.17) is 16.0 Å². The van der Waals surface area contributed by atoms with Crippen molar-refractivity contribution in [2.45, 2.75) is 19.6 Å². The third-order valence-corrected chi connectivity index (χ3v) is 4.46. The number of hydrogen-bond donors (Lipinski definition) is 0. The van der Waals surface area contributed by atoms with Gasteiger partial charge in [0.15, 0.2) is 0 Å². The molecule has 0 fully saturated rings. The third kappa shape index (κ3) is 4.85. The van der Waals surface area contributed by atoms with Gasteiger partial charge in [0, 0.05) is 29.5 Å². The summed E-state index contributed by atoms with van der Waals surface area (Å²) in [5.41, 5.74) is 1.69. The Morgan fingerprint density at radius 2 is 1.97 bits per heavy atom. The van der Waals surface area contributed by atoms with E-state index in [9.17, 15) is 4.79 Å². The van der Waals surface area contributed by atoms with Gasteiger partial charge in [0.1, 0.15) is 12.3 Å². The van der Waals surface area contributed by atoms with Crippen LogP contribution in [0.2, 0.25) is 5.02 Å². The fourth-order valence-corrected chi connectivity index (χ4v) is 2.91. The molecular formula is C20H17ClN6O2. The molecule has 3 heterocycles. The number of hydrogen-bond acceptors (Lipinski definition) is 6. The number of carbonyl (C=O) groups excluding carboxylic acids is 1. The van der Waals surface area contributed by atoms with Crippen LogP contribution in [0.1, 0.15) is 11.3 Å². The molecule has 0 aliphatic rings. The number of tetrazole rings is 1. The first kappa shape index (κ1) is 18.8. The Hall–Kier alpha value is -3.52. The first-order valence-electron chi connectivity index (χ1n) is 8.90. The van der Waals surface area contributed by atoms with Crippen LogP contribution in [-0.4, -0.2) is 36.0 Å². The van der Waals surface area contributed by atoms with E-state index < -0.39 is 0 Å². The molecule has 0 aliphatic carbocycles. The van der Waals surface area contributed by atoms with Gasteiger partial charge in [0.05, 0.1) is 12.8 Å². The lowest BCUT2D eigenvalue weighted by Crippen LogP contribution is -2.33. The van der Waals surface area contributed by atoms with E-state index >= 15 is 0 Å². The van der Waals surface area contributed by atoms with Crippen LogP contribution in [0.15, 0.2) is 71.6 Å². The summed E-state index contributed by atoms with van der Waals surface area (Å²) in [6, 6.07) is 14.5. The first-order valence-corrected chi connectivity index (χ1v) is 9.28. The standard InChI is InChI=1S/C20H17ClN6O2/c21-17-7-5-16(6-8-17)20-23-25-27(24-20)14-19(28)26(13-18-4-2-10-29-18)12-15-3-1-9-22-11-15/h1-11H,12-14H2. The van der Waals surface area contributed by atoms with Crippen molar-refractivity contribution in [1.82, 2.24) is 30.1 Å². The van der Waals surface area contributed by atoms with E-state index in [1.54, 1.807) is 53.9 Å². The van der Waals surface area contributed by atoms with E-state index in [1.807, 2.05) is 18.2 Å². The molecule has 29 heavy (non-hydrogen) atoms. The number of halogens is 1. The second-order valence-corrected chi connectivity index (χ2v) is 6.78. The molecule has 1 aromatic carbocycles. The van der Waals surface area contributed by atoms with Gasteiger partial charge in [-0.05, 0) is 53.2 Å². The number of carbonyl (C=O) groups is 1. The number of furan rings is 1. The second-order valence-electron chi connectivity index (χ2n) is 6.34. The number of rotatable bonds is 7. The van der Waals surface area contributed by atoms with Gasteiger partial charge in [-0.15, -0.1) is 10.2 Å². The predicted molar refractivity (Wildman–Crippen MR) is 105 cm³/mol. The number of benzene rings is 1. The normalized spacial score (nSPS) is 10.8. The average molecular weight is 409 g/mol. The van der Waals surface area contributed by atoms with Gasteiger partial charge < -0.3 is 9.32 Å². The highest BCUT2D eigenvalue weighted by Crippen LogP contribution is 2.17. The summed E-state index contributed by atoms with van der Waals surface area (Å²) in [4.78, 5) is 20.0. The van der Waals surface area contributed by atoms with Gasteiger partial charge in [0.25, 0.3) is 0 Å². The van der Waals surface area contributed by atoms with E-state index in [0.29, 0.717) is 29.7 Å². The monoisotopic (exact) mass is 408 g/mol. The molecule has 1 amide bonds. The van der Waals surface area contributed by atoms with Crippen LogP contribution in [0.25, 0.3) is 11.4 Å². The molecule has 4 rings (SSSR count). The van der Waals surface area contributed by atoms with Gasteiger partial charge in [-0.1, -0.05) is 17.7 Å². The molecule has 0 saturated heterocycles. The average Bonchev–Trinajstić information content (AvgIpc) is 3.41. The lowest BCUT2D eigenvalue weighted by Gasteiger charge is -2.21. The summed E-state index contributed by atoms with van der Waals surface area (Å²) in [7, 11) is 0. The molecule has 146 valence electrons. The number of aromatic nitrogens is 5. The molecular weight excluding hydrogens is 392 g/mol. The lowest BCUT2D eigenvalue weighted by atomic mass is 10.2. The van der Waals surface area contributed by atoms with Crippen molar-refractivity contribution in [3.05, 3.63) is 83.5 Å². The van der Waals surface area contributed by atoms with Crippen LogP contribution in [0, 0.1) is 0 Å². The lowest BCUT2D eigenvalue weighted by molar-refractivity contribution is -0.133. The smallest absolute Gasteiger partial charge is 0.246 e. The quantitative estimate of drug-likeness (QED) is 0.466. The summed E-state index contributed by atoms with van der Waals surface area (Å²) in [5, 5.41) is 13.0. The van der Waals surface area contributed by atoms with Crippen LogP contribution in [0.3, 0.4) is 0 Å². The van der Waals surface area contributed by atoms with Gasteiger partial charge in [-0.2, -0.15) is 4.80 Å². The minimum Gasteiger partial charge on any atom is -0.467 e. The summed E-state index contributed by atoms with van der Waals surface area (Å²) in [5.74, 6) is 0.959. The predicted octanol–water partition coefficient (Wildman–Crippen LogP) is 3.21. The zero-order chi connectivity index (χ0) is 20.1. The fraction of sp³-hybridized carbons (Fsp3) is 0.150. The van der Waals surface area contributed by atoms with Crippen molar-refractivity contribution in [2.75, 3.05) is 0 Å². The summed E-state index contributed by atoms with van der Waals surface area (Å²) >= 11 is 5.91. The van der Waals surface area contributed by atoms with Crippen molar-refractivity contribution in [3.8, 4) is 11.4 Å². The third-order valence-electron chi connectivity index (χ3n) is 4.21. The van der Waals surface area contributed by atoms with E-state index in [1.165, 1.54) is 4.80 Å². The van der Waals surface area contributed by atoms with E-state index in [0.717, 1.165) is 11.1 Å². The molecule has 3 aromatic heterocycles. The molecule has 0 N–H and O–H groups in total. The SMILES string of the molecule is O=C(Cn1nnc(-c2ccc(Cl)cc2)n1)N(Cc1cccnc1)Cc1ccco1. The highest BCUT2D eigenvalue weighted by molar-refractivity contribution is 6.30. The van der Waals surface area contributed by atoms with Gasteiger partial charge in [-0.25, -0.2) is 0 Å². The second kappa shape index (κ2) is 8.66. The van der Waals surface area contributed by atoms with Crippen LogP contribution in [-0.2, 0) is 24.4 Å². The maximum atomic E-state index is 13.0. The summed E-state index contributed by atoms with van der Waals surface area (Å²) < 4.78 is 5.40. The van der Waals surface area contributed by atoms with Crippen molar-refractivity contribution in [1.29, 1.82) is 0 Å². The Balaban J connectivity index is 1.49. The minimum atomic E-state index is -0.162. The van der Waals surface area contributed by atoms with Crippen LogP contribution in [0.4, 0.5) is 0 Å². The Labute approximate surface area is 171 Å². The maximum absolute atomic E-state index is 13.0. The topological polar surface area (TPSA) is 89.9 Å². The summed E-state index contributed by atoms with van der Waals surface area (Å²) in [6.45, 7) is 0.688. The Morgan fingerprint density at radius 1 is 1.10 bits per heavy atom. The fourth-order valence-electron chi connectivity index (χ4n) is 2.78. The molecule has 8 nitrogen and oxygen atoms in total. The Bertz CT molecular complexity index is 1060. The molecule has 0 atom stereocenters. The van der Waals surface area contributed by atoms with Crippen molar-refractivity contribution in [2.24, 2.45) is 0 Å². The maximum Gasteiger partial charge on any atom is 0.246 e. The van der Waals surface area contributed by atoms with Gasteiger partial charge in [-0.3, -0.25) is 9.78 Å². The molecule has 0 unspecified atom stereocenters. The van der Waals surface area contributed by atoms with Crippen molar-refractivity contribution >= 4 is 17.5 Å². The largest absolute Gasteiger partial charge is 0.467 e. The van der Waals surface area contributed by atoms with Gasteiger partial charge >= 0.3 is 0 Å². The molecule has 0 bridgehead atoms. The van der Waals surface area contributed by atoms with Crippen LogP contribution in [0.5, 0.6) is 0 Å². The summed E-state index contributed by atoms with van der Waals surface area (Å²) in [6.07, 6.45) is 5.01. The van der Waals surface area contributed by atoms with Crippen molar-refractivity contribution in [3.63, 3.8) is 0 Å². The van der Waals surface area contributed by atoms with Gasteiger partial charge in [0.2, 0.25) is 11.7 Å². The number of pyridine rings is 1. The zero-order valence-corrected chi connectivity index (χ0v) is 16.1. The van der Waals surface area contributed by atoms with E-state index in [2.05, 4.69) is 20.4 Å². The molecule has 0 aliphatic heterocycles. The zero-order valence-electron chi connectivity index (χ0n) is 15.3. The highest BCUT2D eigenvalue weighted by atomic mass is 35.5. The van der Waals surface area contributed by atoms with E-state index in [-0.39, 0.29) is 12.5 Å². The first-order chi connectivity index (χ1) is 14.2. The van der Waals surface area contributed by atoms with Crippen LogP contribution >= 0.6 is 11.6 Å². The molecule has 4 aromatic rings. The molecule has 9 heteroatoms. The molecule has 0 saturated carbocycles. The Morgan fingerprint density at radius 3 is 2.69 bits per heavy atom. The van der Waals surface area contributed by atoms with Crippen LogP contribution < -0.4 is 0 Å². The number of nitrogens with zero attached hydrogens (tertiary/aromatic N) is 6. The Kier molecular flexibility index (Phi) is 5.62. The highest BCUT2D eigenvalue weighted by Gasteiger charge is 2.18.